The van der Waals surface area contributed by atoms with E-state index < -0.39 is 73.7 Å². The second kappa shape index (κ2) is 18.4. The minimum absolute atomic E-state index is 0.222. The third kappa shape index (κ3) is 17.6. The number of aliphatic carboxylic acids is 3. The summed E-state index contributed by atoms with van der Waals surface area (Å²) in [6.45, 7) is 9.96. The molecule has 6 atom stereocenters. The molecule has 242 valence electrons. The Balaban J connectivity index is -0.000000219. The van der Waals surface area contributed by atoms with E-state index in [2.05, 4.69) is 0 Å². The minimum atomic E-state index is -2.97. The van der Waals surface area contributed by atoms with Crippen molar-refractivity contribution in [1.82, 2.24) is 0 Å². The first-order chi connectivity index (χ1) is 17.4. The largest absolute Gasteiger partial charge is 0.550 e. The Hall–Kier alpha value is -1.99. The number of aliphatic hydroxyl groups excluding tert-OH is 6. The number of rotatable bonds is 11. The number of carbonyl (C=O) groups is 3. The van der Waals surface area contributed by atoms with Crippen molar-refractivity contribution in [1.29, 1.82) is 0 Å². The second-order valence-electron chi connectivity index (χ2n) is 11.1. The van der Waals surface area contributed by atoms with Gasteiger partial charge in [-0.3, -0.25) is 13.4 Å². The van der Waals surface area contributed by atoms with Crippen LogP contribution < -0.4 is 15.3 Å². The quantitative estimate of drug-likeness (QED) is 0.0872. The maximum Gasteiger partial charge on any atom is 0.189 e. The predicted octanol–water partition coefficient (Wildman–Crippen LogP) is -6.03. The average Bonchev–Trinajstić information content (AvgIpc) is 2.73. The van der Waals surface area contributed by atoms with Gasteiger partial charge in [-0.2, -0.15) is 0 Å². The zero-order valence-electron chi connectivity index (χ0n) is 25.8. The van der Waals surface area contributed by atoms with Crippen molar-refractivity contribution in [2.75, 3.05) is 42.3 Å². The zero-order chi connectivity index (χ0) is 33.6. The molecular weight excluding hydrogens is 538 g/mol. The molecule has 7 N–H and O–H groups in total. The summed E-state index contributed by atoms with van der Waals surface area (Å²) in [5.74, 6) is -5.98. The lowest BCUT2D eigenvalue weighted by atomic mass is 9.96. The van der Waals surface area contributed by atoms with Gasteiger partial charge in [0.15, 0.2) is 37.4 Å². The summed E-state index contributed by atoms with van der Waals surface area (Å²) in [5.41, 5.74) is -2.97. The van der Waals surface area contributed by atoms with Gasteiger partial charge in [-0.1, -0.05) is 0 Å². The van der Waals surface area contributed by atoms with Crippen LogP contribution in [-0.2, 0) is 14.4 Å². The van der Waals surface area contributed by atoms with Crippen LogP contribution in [0.2, 0.25) is 0 Å². The smallest absolute Gasteiger partial charge is 0.189 e. The van der Waals surface area contributed by atoms with E-state index in [1.807, 2.05) is 0 Å². The van der Waals surface area contributed by atoms with E-state index in [9.17, 15) is 29.7 Å². The molecule has 0 aromatic rings. The van der Waals surface area contributed by atoms with Gasteiger partial charge in [0.1, 0.15) is 5.60 Å². The van der Waals surface area contributed by atoms with Crippen molar-refractivity contribution in [2.24, 2.45) is 0 Å². The van der Waals surface area contributed by atoms with Gasteiger partial charge >= 0.3 is 0 Å². The predicted molar refractivity (Wildman–Crippen MR) is 136 cm³/mol. The minimum Gasteiger partial charge on any atom is -0.550 e. The number of carboxylic acids is 3. The summed E-state index contributed by atoms with van der Waals surface area (Å²) in [6, 6.07) is 0. The highest BCUT2D eigenvalue weighted by molar-refractivity contribution is 5.86. The molecule has 0 radical (unpaired) electrons. The number of hydrogen-bond acceptors (Lipinski definition) is 13. The molecule has 0 saturated heterocycles. The van der Waals surface area contributed by atoms with Crippen molar-refractivity contribution in [3.05, 3.63) is 0 Å². The molecule has 0 aromatic heterocycles. The third-order valence-electron chi connectivity index (χ3n) is 7.03. The Bertz CT molecular complexity index is 647. The highest BCUT2D eigenvalue weighted by atomic mass is 16.4. The molecule has 0 amide bonds. The lowest BCUT2D eigenvalue weighted by molar-refractivity contribution is -0.974. The Labute approximate surface area is 236 Å². The van der Waals surface area contributed by atoms with E-state index >= 15 is 0 Å². The highest BCUT2D eigenvalue weighted by Gasteiger charge is 2.30. The number of carbonyl (C=O) groups excluding carboxylic acids is 3. The van der Waals surface area contributed by atoms with Gasteiger partial charge in [-0.25, -0.2) is 0 Å². The topological polar surface area (TPSA) is 262 Å². The molecule has 16 heteroatoms. The zero-order valence-corrected chi connectivity index (χ0v) is 25.8. The van der Waals surface area contributed by atoms with Crippen molar-refractivity contribution in [3.8, 4) is 0 Å². The fraction of sp³-hybridized carbons (Fsp3) is 0.875. The number of carboxylic acid groups (broad SMARTS) is 3. The molecule has 0 aliphatic heterocycles. The van der Waals surface area contributed by atoms with E-state index in [0.717, 1.165) is 0 Å². The number of nitrogens with zero attached hydrogens (tertiary/aromatic N) is 3. The molecule has 0 aliphatic rings. The van der Waals surface area contributed by atoms with Crippen molar-refractivity contribution >= 4 is 17.9 Å². The molecule has 6 unspecified atom stereocenters. The lowest BCUT2D eigenvalue weighted by Gasteiger charge is -2.35. The Morgan fingerprint density at radius 1 is 0.525 bits per heavy atom. The maximum absolute atomic E-state index is 10.1. The summed E-state index contributed by atoms with van der Waals surface area (Å²) in [5, 5.41) is 93.3. The summed E-state index contributed by atoms with van der Waals surface area (Å²) < 4.78 is 0.667. The fourth-order valence-electron chi connectivity index (χ4n) is 1.62. The van der Waals surface area contributed by atoms with Crippen molar-refractivity contribution < 1.29 is 78.9 Å². The maximum atomic E-state index is 10.1. The molecule has 0 aromatic carbocycles. The van der Waals surface area contributed by atoms with Crippen LogP contribution in [0.5, 0.6) is 0 Å². The van der Waals surface area contributed by atoms with Crippen LogP contribution in [0.1, 0.15) is 54.4 Å². The fourth-order valence-corrected chi connectivity index (χ4v) is 1.62. The first-order valence-corrected chi connectivity index (χ1v) is 12.4. The molecule has 0 bridgehead atoms. The number of hydrogen-bond donors (Lipinski definition) is 7. The lowest BCUT2D eigenvalue weighted by Crippen LogP contribution is -2.54. The van der Waals surface area contributed by atoms with E-state index in [1.54, 1.807) is 83.8 Å². The molecule has 16 nitrogen and oxygen atoms in total. The first kappa shape index (κ1) is 45.0. The summed E-state index contributed by atoms with van der Waals surface area (Å²) in [6.07, 6.45) is -5.85. The SMILES string of the molecule is CC(O)[N+](C)(C)C(C)O.CC(O)[N+](C)(C)C(C)O.CC(O)[N+](C)(C)C(C)O.O=C([O-])CC(O)(CC(=O)[O-])C(=O)[O-]. The Kier molecular flexibility index (Phi) is 20.8. The van der Waals surface area contributed by atoms with Crippen molar-refractivity contribution in [3.63, 3.8) is 0 Å². The number of aliphatic hydroxyl groups is 7. The van der Waals surface area contributed by atoms with E-state index in [4.69, 9.17) is 35.7 Å². The Morgan fingerprint density at radius 3 is 0.725 bits per heavy atom. The van der Waals surface area contributed by atoms with Crippen LogP contribution in [0.4, 0.5) is 0 Å². The Morgan fingerprint density at radius 2 is 0.675 bits per heavy atom. The molecule has 0 heterocycles. The van der Waals surface area contributed by atoms with Gasteiger partial charge in [0, 0.05) is 66.3 Å². The van der Waals surface area contributed by atoms with Crippen LogP contribution in [-0.4, -0.2) is 152 Å². The van der Waals surface area contributed by atoms with Crippen LogP contribution in [0.15, 0.2) is 0 Å². The standard InChI is InChI=1S/3C6H16NO2.C6H8O7/c3*1-5(8)7(3,4)6(2)9;7-3(8)1-6(13,5(11)12)2-4(9)10/h3*5-6,8-9H,1-4H3;13H,1-2H2,(H,7,8)(H,9,10)(H,11,12)/q3*+1;/p-3. The monoisotopic (exact) mass is 591 g/mol. The number of quaternary nitrogens is 3. The molecule has 40 heavy (non-hydrogen) atoms. The van der Waals surface area contributed by atoms with Gasteiger partial charge in [0.25, 0.3) is 0 Å². The highest BCUT2D eigenvalue weighted by Crippen LogP contribution is 2.13. The molecule has 0 saturated carbocycles. The summed E-state index contributed by atoms with van der Waals surface area (Å²) >= 11 is 0. The van der Waals surface area contributed by atoms with Gasteiger partial charge < -0.3 is 65.4 Å². The molecule has 0 spiro atoms. The van der Waals surface area contributed by atoms with E-state index in [-0.39, 0.29) is 13.4 Å². The van der Waals surface area contributed by atoms with Gasteiger partial charge in [0.05, 0.1) is 48.3 Å². The van der Waals surface area contributed by atoms with Crippen LogP contribution in [0.25, 0.3) is 0 Å². The molecule has 0 rings (SSSR count). The van der Waals surface area contributed by atoms with E-state index in [1.165, 1.54) is 0 Å². The molecular formula is C24H53N3O13. The van der Waals surface area contributed by atoms with Crippen molar-refractivity contribution in [2.45, 2.75) is 97.4 Å². The summed E-state index contributed by atoms with van der Waals surface area (Å²) in [7, 11) is 10.6. The second-order valence-corrected chi connectivity index (χ2v) is 11.1. The van der Waals surface area contributed by atoms with E-state index in [0.29, 0.717) is 0 Å². The third-order valence-corrected chi connectivity index (χ3v) is 7.03. The van der Waals surface area contributed by atoms with Crippen LogP contribution in [0, 0.1) is 0 Å². The molecule has 0 fully saturated rings. The van der Waals surface area contributed by atoms with Gasteiger partial charge in [-0.05, 0) is 0 Å². The first-order valence-electron chi connectivity index (χ1n) is 12.4. The van der Waals surface area contributed by atoms with Crippen LogP contribution >= 0.6 is 0 Å². The van der Waals surface area contributed by atoms with Gasteiger partial charge in [0.2, 0.25) is 0 Å². The summed E-state index contributed by atoms with van der Waals surface area (Å²) in [4.78, 5) is 30.0. The van der Waals surface area contributed by atoms with Crippen LogP contribution in [0.3, 0.4) is 0 Å². The normalized spacial score (nSPS) is 16.6. The average molecular weight is 592 g/mol. The van der Waals surface area contributed by atoms with Gasteiger partial charge in [-0.15, -0.1) is 0 Å². The molecule has 0 aliphatic carbocycles.